The molecule has 0 aromatic rings. The molecule has 1 rings (SSSR count). The first-order valence-corrected chi connectivity index (χ1v) is 6.94. The average molecular weight is 285 g/mol. The monoisotopic (exact) mass is 285 g/mol. The molecular formula is C13H23N3O4. The lowest BCUT2D eigenvalue weighted by Crippen LogP contribution is -2.49. The Morgan fingerprint density at radius 3 is 2.35 bits per heavy atom. The van der Waals surface area contributed by atoms with Crippen molar-refractivity contribution in [3.63, 3.8) is 0 Å². The van der Waals surface area contributed by atoms with E-state index in [4.69, 9.17) is 5.11 Å². The first-order chi connectivity index (χ1) is 9.42. The predicted octanol–water partition coefficient (Wildman–Crippen LogP) is 0.456. The molecule has 3 amide bonds. The molecule has 1 N–H and O–H groups in total. The van der Waals surface area contributed by atoms with Gasteiger partial charge in [0.1, 0.15) is 12.6 Å². The van der Waals surface area contributed by atoms with E-state index >= 15 is 0 Å². The Bertz CT molecular complexity index is 382. The van der Waals surface area contributed by atoms with E-state index in [1.807, 2.05) is 13.8 Å². The number of hydrogen-bond donors (Lipinski definition) is 1. The van der Waals surface area contributed by atoms with Gasteiger partial charge in [-0.05, 0) is 26.7 Å². The Labute approximate surface area is 119 Å². The molecule has 0 aliphatic carbocycles. The second-order valence-corrected chi connectivity index (χ2v) is 4.89. The van der Waals surface area contributed by atoms with E-state index in [1.165, 1.54) is 16.8 Å². The van der Waals surface area contributed by atoms with E-state index in [-0.39, 0.29) is 12.5 Å². The number of carbonyl (C=O) groups excluding carboxylic acids is 2. The summed E-state index contributed by atoms with van der Waals surface area (Å²) < 4.78 is 0. The van der Waals surface area contributed by atoms with Crippen LogP contribution in [-0.2, 0) is 9.59 Å². The number of amides is 3. The summed E-state index contributed by atoms with van der Waals surface area (Å²) in [5, 5.41) is 9.07. The van der Waals surface area contributed by atoms with Crippen molar-refractivity contribution in [2.24, 2.45) is 0 Å². The van der Waals surface area contributed by atoms with Gasteiger partial charge < -0.3 is 19.8 Å². The van der Waals surface area contributed by atoms with Crippen molar-refractivity contribution in [2.75, 3.05) is 33.2 Å². The Hall–Kier alpha value is -1.79. The van der Waals surface area contributed by atoms with Gasteiger partial charge in [0, 0.05) is 26.7 Å². The highest BCUT2D eigenvalue weighted by Crippen LogP contribution is 2.18. The zero-order valence-electron chi connectivity index (χ0n) is 12.3. The van der Waals surface area contributed by atoms with E-state index in [2.05, 4.69) is 0 Å². The number of urea groups is 1. The van der Waals surface area contributed by atoms with Gasteiger partial charge in [-0.1, -0.05) is 0 Å². The topological polar surface area (TPSA) is 81.2 Å². The second-order valence-electron chi connectivity index (χ2n) is 4.89. The number of carboxylic acids is 1. The van der Waals surface area contributed by atoms with Gasteiger partial charge in [0.05, 0.1) is 0 Å². The van der Waals surface area contributed by atoms with Gasteiger partial charge in [-0.2, -0.15) is 0 Å². The Balaban J connectivity index is 2.63. The van der Waals surface area contributed by atoms with Crippen LogP contribution in [0.15, 0.2) is 0 Å². The van der Waals surface area contributed by atoms with Crippen LogP contribution in [0, 0.1) is 0 Å². The number of likely N-dealkylation sites (tertiary alicyclic amines) is 1. The quantitative estimate of drug-likeness (QED) is 0.795. The molecule has 20 heavy (non-hydrogen) atoms. The van der Waals surface area contributed by atoms with Gasteiger partial charge in [0.15, 0.2) is 0 Å². The van der Waals surface area contributed by atoms with Crippen LogP contribution in [0.25, 0.3) is 0 Å². The van der Waals surface area contributed by atoms with Crippen molar-refractivity contribution in [1.29, 1.82) is 0 Å². The van der Waals surface area contributed by atoms with Gasteiger partial charge in [0.25, 0.3) is 0 Å². The summed E-state index contributed by atoms with van der Waals surface area (Å²) in [5.41, 5.74) is 0. The number of carbonyl (C=O) groups is 3. The first kappa shape index (κ1) is 16.3. The van der Waals surface area contributed by atoms with Crippen LogP contribution in [0.3, 0.4) is 0 Å². The minimum absolute atomic E-state index is 0.0245. The molecule has 0 unspecified atom stereocenters. The number of aliphatic carboxylic acids is 1. The summed E-state index contributed by atoms with van der Waals surface area (Å²) in [4.78, 5) is 39.5. The third kappa shape index (κ3) is 3.61. The number of nitrogens with zero attached hydrogens (tertiary/aromatic N) is 3. The van der Waals surface area contributed by atoms with Crippen LogP contribution < -0.4 is 0 Å². The van der Waals surface area contributed by atoms with Gasteiger partial charge in [-0.15, -0.1) is 0 Å². The SMILES string of the molecule is CCN(CC)C(=O)CN(C)C(=O)N1CCC[C@H]1C(=O)O. The number of rotatable bonds is 5. The molecule has 0 bridgehead atoms. The standard InChI is InChI=1S/C13H23N3O4/c1-4-15(5-2)11(17)9-14(3)13(20)16-8-6-7-10(16)12(18)19/h10H,4-9H2,1-3H3,(H,18,19)/t10-/m0/s1. The molecule has 1 fully saturated rings. The van der Waals surface area contributed by atoms with Crippen molar-refractivity contribution in [3.05, 3.63) is 0 Å². The molecule has 114 valence electrons. The molecule has 7 nitrogen and oxygen atoms in total. The minimum Gasteiger partial charge on any atom is -0.480 e. The molecule has 0 spiro atoms. The molecular weight excluding hydrogens is 262 g/mol. The molecule has 0 radical (unpaired) electrons. The third-order valence-corrected chi connectivity index (χ3v) is 3.60. The largest absolute Gasteiger partial charge is 0.480 e. The summed E-state index contributed by atoms with van der Waals surface area (Å²) in [6, 6.07) is -1.16. The summed E-state index contributed by atoms with van der Waals surface area (Å²) >= 11 is 0. The van der Waals surface area contributed by atoms with E-state index in [0.29, 0.717) is 32.5 Å². The lowest BCUT2D eigenvalue weighted by Gasteiger charge is -2.29. The summed E-state index contributed by atoms with van der Waals surface area (Å²) in [5.74, 6) is -1.11. The maximum atomic E-state index is 12.2. The van der Waals surface area contributed by atoms with Gasteiger partial charge in [-0.3, -0.25) is 4.79 Å². The van der Waals surface area contributed by atoms with Crippen LogP contribution in [0.4, 0.5) is 4.79 Å². The van der Waals surface area contributed by atoms with Gasteiger partial charge in [-0.25, -0.2) is 9.59 Å². The summed E-state index contributed by atoms with van der Waals surface area (Å²) in [7, 11) is 1.53. The normalized spacial score (nSPS) is 17.9. The zero-order valence-corrected chi connectivity index (χ0v) is 12.3. The Morgan fingerprint density at radius 2 is 1.85 bits per heavy atom. The number of likely N-dealkylation sites (N-methyl/N-ethyl adjacent to an activating group) is 2. The van der Waals surface area contributed by atoms with E-state index < -0.39 is 18.0 Å². The molecule has 1 heterocycles. The fourth-order valence-corrected chi connectivity index (χ4v) is 2.42. The summed E-state index contributed by atoms with van der Waals surface area (Å²) in [6.07, 6.45) is 1.15. The van der Waals surface area contributed by atoms with Crippen LogP contribution >= 0.6 is 0 Å². The van der Waals surface area contributed by atoms with Gasteiger partial charge >= 0.3 is 12.0 Å². The van der Waals surface area contributed by atoms with Crippen molar-refractivity contribution in [3.8, 4) is 0 Å². The molecule has 1 aliphatic heterocycles. The zero-order chi connectivity index (χ0) is 15.3. The highest BCUT2D eigenvalue weighted by atomic mass is 16.4. The molecule has 1 saturated heterocycles. The maximum Gasteiger partial charge on any atom is 0.326 e. The highest BCUT2D eigenvalue weighted by molar-refractivity contribution is 5.87. The van der Waals surface area contributed by atoms with E-state index in [9.17, 15) is 14.4 Å². The molecule has 0 aromatic heterocycles. The maximum absolute atomic E-state index is 12.2. The minimum atomic E-state index is -0.987. The van der Waals surface area contributed by atoms with Crippen LogP contribution in [0.1, 0.15) is 26.7 Å². The molecule has 0 saturated carbocycles. The second kappa shape index (κ2) is 7.12. The van der Waals surface area contributed by atoms with Gasteiger partial charge in [0.2, 0.25) is 5.91 Å². The van der Waals surface area contributed by atoms with Crippen molar-refractivity contribution < 1.29 is 19.5 Å². The molecule has 7 heteroatoms. The summed E-state index contributed by atoms with van der Waals surface area (Å²) in [6.45, 7) is 5.36. The van der Waals surface area contributed by atoms with Crippen molar-refractivity contribution in [2.45, 2.75) is 32.7 Å². The van der Waals surface area contributed by atoms with Crippen LogP contribution in [0.2, 0.25) is 0 Å². The van der Waals surface area contributed by atoms with E-state index in [1.54, 1.807) is 4.90 Å². The predicted molar refractivity (Wildman–Crippen MR) is 73.3 cm³/mol. The number of carboxylic acid groups (broad SMARTS) is 1. The van der Waals surface area contributed by atoms with Crippen LogP contribution in [0.5, 0.6) is 0 Å². The third-order valence-electron chi connectivity index (χ3n) is 3.60. The lowest BCUT2D eigenvalue weighted by atomic mass is 10.2. The molecule has 0 aromatic carbocycles. The highest BCUT2D eigenvalue weighted by Gasteiger charge is 2.35. The van der Waals surface area contributed by atoms with Crippen molar-refractivity contribution in [1.82, 2.24) is 14.7 Å². The Kier molecular flexibility index (Phi) is 5.79. The smallest absolute Gasteiger partial charge is 0.326 e. The van der Waals surface area contributed by atoms with Crippen molar-refractivity contribution >= 4 is 17.9 Å². The average Bonchev–Trinajstić information content (AvgIpc) is 2.88. The molecule has 1 aliphatic rings. The number of hydrogen-bond acceptors (Lipinski definition) is 3. The fourth-order valence-electron chi connectivity index (χ4n) is 2.42. The van der Waals surface area contributed by atoms with E-state index in [0.717, 1.165) is 0 Å². The fraction of sp³-hybridized carbons (Fsp3) is 0.769. The first-order valence-electron chi connectivity index (χ1n) is 6.94. The lowest BCUT2D eigenvalue weighted by molar-refractivity contribution is -0.141. The van der Waals surface area contributed by atoms with Crippen LogP contribution in [-0.4, -0.2) is 77.0 Å². The Morgan fingerprint density at radius 1 is 1.25 bits per heavy atom. The molecule has 1 atom stereocenters.